The highest BCUT2D eigenvalue weighted by atomic mass is 35.5. The van der Waals surface area contributed by atoms with E-state index >= 15 is 0 Å². The molecule has 1 aromatic carbocycles. The van der Waals surface area contributed by atoms with E-state index in [2.05, 4.69) is 10.3 Å². The van der Waals surface area contributed by atoms with Gasteiger partial charge >= 0.3 is 0 Å². The normalized spacial score (nSPS) is 10.6. The first-order valence-corrected chi connectivity index (χ1v) is 8.54. The summed E-state index contributed by atoms with van der Waals surface area (Å²) < 4.78 is 5.51. The number of benzene rings is 1. The van der Waals surface area contributed by atoms with Crippen molar-refractivity contribution in [3.05, 3.63) is 44.4 Å². The molecule has 7 heteroatoms. The van der Waals surface area contributed by atoms with Gasteiger partial charge in [-0.25, -0.2) is 4.98 Å². The average molecular weight is 354 g/mol. The van der Waals surface area contributed by atoms with Crippen LogP contribution in [0.4, 0.5) is 0 Å². The van der Waals surface area contributed by atoms with Gasteiger partial charge in [-0.3, -0.25) is 4.79 Å². The summed E-state index contributed by atoms with van der Waals surface area (Å²) in [5, 5.41) is 4.29. The van der Waals surface area contributed by atoms with Crippen LogP contribution in [0.15, 0.2) is 18.2 Å². The van der Waals surface area contributed by atoms with Crippen molar-refractivity contribution in [3.63, 3.8) is 0 Å². The number of carbonyl (C=O) groups is 1. The van der Waals surface area contributed by atoms with Gasteiger partial charge in [0, 0.05) is 10.4 Å². The zero-order valence-electron chi connectivity index (χ0n) is 13.2. The van der Waals surface area contributed by atoms with Crippen LogP contribution < -0.4 is 15.8 Å². The molecule has 0 fully saturated rings. The van der Waals surface area contributed by atoms with Crippen molar-refractivity contribution in [1.29, 1.82) is 0 Å². The molecule has 1 aromatic heterocycles. The SMILES string of the molecule is Cc1nc(C)c(CNC(=O)c2ccc(OCCCN)c(Cl)c2)s1. The van der Waals surface area contributed by atoms with Gasteiger partial charge in [0.25, 0.3) is 5.91 Å². The Labute approximate surface area is 144 Å². The summed E-state index contributed by atoms with van der Waals surface area (Å²) >= 11 is 7.74. The first-order chi connectivity index (χ1) is 11.0. The van der Waals surface area contributed by atoms with Crippen molar-refractivity contribution in [2.75, 3.05) is 13.2 Å². The maximum absolute atomic E-state index is 12.2. The van der Waals surface area contributed by atoms with Gasteiger partial charge in [0.1, 0.15) is 5.75 Å². The number of amides is 1. The number of aryl methyl sites for hydroxylation is 2. The highest BCUT2D eigenvalue weighted by Crippen LogP contribution is 2.25. The zero-order valence-corrected chi connectivity index (χ0v) is 14.8. The van der Waals surface area contributed by atoms with E-state index < -0.39 is 0 Å². The van der Waals surface area contributed by atoms with E-state index in [1.165, 1.54) is 0 Å². The molecule has 1 amide bonds. The summed E-state index contributed by atoms with van der Waals surface area (Å²) in [4.78, 5) is 17.6. The van der Waals surface area contributed by atoms with Crippen LogP contribution in [-0.2, 0) is 6.54 Å². The highest BCUT2D eigenvalue weighted by molar-refractivity contribution is 7.11. The predicted molar refractivity (Wildman–Crippen MR) is 93.4 cm³/mol. The standard InChI is InChI=1S/C16H20ClN3O2S/c1-10-15(23-11(2)20-10)9-19-16(21)12-4-5-14(13(17)8-12)22-7-3-6-18/h4-5,8H,3,6-7,9,18H2,1-2H3,(H,19,21). The lowest BCUT2D eigenvalue weighted by Crippen LogP contribution is -2.22. The van der Waals surface area contributed by atoms with Crippen LogP contribution in [-0.4, -0.2) is 24.0 Å². The van der Waals surface area contributed by atoms with E-state index in [0.29, 0.717) is 36.0 Å². The molecule has 0 aliphatic carbocycles. The molecule has 2 rings (SSSR count). The zero-order chi connectivity index (χ0) is 16.8. The summed E-state index contributed by atoms with van der Waals surface area (Å²) in [5.74, 6) is 0.386. The average Bonchev–Trinajstić information content (AvgIpc) is 2.84. The maximum Gasteiger partial charge on any atom is 0.251 e. The molecule has 23 heavy (non-hydrogen) atoms. The Balaban J connectivity index is 1.96. The molecule has 0 atom stereocenters. The largest absolute Gasteiger partial charge is 0.492 e. The van der Waals surface area contributed by atoms with E-state index in [0.717, 1.165) is 22.0 Å². The molecule has 5 nitrogen and oxygen atoms in total. The number of hydrogen-bond acceptors (Lipinski definition) is 5. The van der Waals surface area contributed by atoms with Crippen LogP contribution in [0.25, 0.3) is 0 Å². The first-order valence-electron chi connectivity index (χ1n) is 7.34. The summed E-state index contributed by atoms with van der Waals surface area (Å²) in [5.41, 5.74) is 6.87. The minimum absolute atomic E-state index is 0.175. The Morgan fingerprint density at radius 1 is 1.43 bits per heavy atom. The van der Waals surface area contributed by atoms with Crippen LogP contribution in [0.5, 0.6) is 5.75 Å². The fourth-order valence-electron chi connectivity index (χ4n) is 2.02. The number of ether oxygens (including phenoxy) is 1. The van der Waals surface area contributed by atoms with E-state index in [9.17, 15) is 4.79 Å². The molecule has 0 aliphatic heterocycles. The van der Waals surface area contributed by atoms with Crippen molar-refractivity contribution < 1.29 is 9.53 Å². The van der Waals surface area contributed by atoms with Gasteiger partial charge in [0.15, 0.2) is 0 Å². The monoisotopic (exact) mass is 353 g/mol. The van der Waals surface area contributed by atoms with Crippen LogP contribution in [0.1, 0.15) is 32.4 Å². The molecule has 124 valence electrons. The lowest BCUT2D eigenvalue weighted by Gasteiger charge is -2.09. The number of rotatable bonds is 7. The van der Waals surface area contributed by atoms with Gasteiger partial charge in [-0.15, -0.1) is 11.3 Å². The first kappa shape index (κ1) is 17.7. The number of carbonyl (C=O) groups excluding carboxylic acids is 1. The third kappa shape index (κ3) is 4.92. The summed E-state index contributed by atoms with van der Waals surface area (Å²) in [6.07, 6.45) is 0.756. The van der Waals surface area contributed by atoms with E-state index in [4.69, 9.17) is 22.1 Å². The van der Waals surface area contributed by atoms with Crippen LogP contribution in [0.3, 0.4) is 0 Å². The van der Waals surface area contributed by atoms with E-state index in [1.54, 1.807) is 29.5 Å². The lowest BCUT2D eigenvalue weighted by atomic mass is 10.2. The minimum atomic E-state index is -0.175. The molecular weight excluding hydrogens is 334 g/mol. The topological polar surface area (TPSA) is 77.2 Å². The van der Waals surface area contributed by atoms with E-state index in [1.807, 2.05) is 13.8 Å². The Morgan fingerprint density at radius 3 is 2.83 bits per heavy atom. The Hall–Kier alpha value is -1.63. The van der Waals surface area contributed by atoms with Gasteiger partial charge in [-0.2, -0.15) is 0 Å². The molecule has 0 saturated carbocycles. The van der Waals surface area contributed by atoms with Crippen LogP contribution >= 0.6 is 22.9 Å². The summed E-state index contributed by atoms with van der Waals surface area (Å²) in [7, 11) is 0. The Bertz CT molecular complexity index is 688. The molecule has 0 saturated heterocycles. The number of thiazole rings is 1. The molecule has 0 radical (unpaired) electrons. The van der Waals surface area contributed by atoms with Crippen molar-refractivity contribution >= 4 is 28.8 Å². The predicted octanol–water partition coefficient (Wildman–Crippen LogP) is 3.07. The van der Waals surface area contributed by atoms with E-state index in [-0.39, 0.29) is 5.91 Å². The van der Waals surface area contributed by atoms with Crippen LogP contribution in [0, 0.1) is 13.8 Å². The molecule has 0 aliphatic rings. The third-order valence-corrected chi connectivity index (χ3v) is 4.58. The number of nitrogens with zero attached hydrogens (tertiary/aromatic N) is 1. The molecule has 3 N–H and O–H groups in total. The lowest BCUT2D eigenvalue weighted by molar-refractivity contribution is 0.0951. The molecule has 1 heterocycles. The second kappa shape index (κ2) is 8.29. The number of nitrogens with one attached hydrogen (secondary N) is 1. The van der Waals surface area contributed by atoms with Gasteiger partial charge in [0.2, 0.25) is 0 Å². The number of nitrogens with two attached hydrogens (primary N) is 1. The van der Waals surface area contributed by atoms with Gasteiger partial charge in [0.05, 0.1) is 28.9 Å². The van der Waals surface area contributed by atoms with Crippen LogP contribution in [0.2, 0.25) is 5.02 Å². The smallest absolute Gasteiger partial charge is 0.251 e. The van der Waals surface area contributed by atoms with Crippen molar-refractivity contribution in [2.45, 2.75) is 26.8 Å². The quantitative estimate of drug-likeness (QED) is 0.750. The van der Waals surface area contributed by atoms with Crippen molar-refractivity contribution in [2.24, 2.45) is 5.73 Å². The summed E-state index contributed by atoms with van der Waals surface area (Å²) in [6, 6.07) is 5.01. The molecule has 2 aromatic rings. The van der Waals surface area contributed by atoms with Gasteiger partial charge < -0.3 is 15.8 Å². The fourth-order valence-corrected chi connectivity index (χ4v) is 3.14. The molecular formula is C16H20ClN3O2S. The molecule has 0 bridgehead atoms. The molecule has 0 unspecified atom stereocenters. The fraction of sp³-hybridized carbons (Fsp3) is 0.375. The highest BCUT2D eigenvalue weighted by Gasteiger charge is 2.11. The van der Waals surface area contributed by atoms with Crippen molar-refractivity contribution in [3.8, 4) is 5.75 Å². The second-order valence-electron chi connectivity index (χ2n) is 5.06. The Kier molecular flexibility index (Phi) is 6.38. The maximum atomic E-state index is 12.2. The number of hydrogen-bond donors (Lipinski definition) is 2. The third-order valence-electron chi connectivity index (χ3n) is 3.21. The number of halogens is 1. The van der Waals surface area contributed by atoms with Gasteiger partial charge in [-0.05, 0) is 45.0 Å². The Morgan fingerprint density at radius 2 is 2.22 bits per heavy atom. The second-order valence-corrected chi connectivity index (χ2v) is 6.75. The molecule has 0 spiro atoms. The van der Waals surface area contributed by atoms with Gasteiger partial charge in [-0.1, -0.05) is 11.6 Å². The minimum Gasteiger partial charge on any atom is -0.492 e. The summed E-state index contributed by atoms with van der Waals surface area (Å²) in [6.45, 7) is 5.42. The number of aromatic nitrogens is 1. The van der Waals surface area contributed by atoms with Crippen molar-refractivity contribution in [1.82, 2.24) is 10.3 Å².